The Morgan fingerprint density at radius 2 is 2.20 bits per heavy atom. The van der Waals surface area contributed by atoms with Crippen LogP contribution in [0.4, 0.5) is 10.1 Å². The maximum atomic E-state index is 13.1. The smallest absolute Gasteiger partial charge is 0.252 e. The topological polar surface area (TPSA) is 92.2 Å². The van der Waals surface area contributed by atoms with E-state index in [1.807, 2.05) is 6.92 Å². The van der Waals surface area contributed by atoms with Crippen LogP contribution in [-0.2, 0) is 11.2 Å². The second-order valence-corrected chi connectivity index (χ2v) is 6.31. The molecule has 7 nitrogen and oxygen atoms in total. The molecule has 0 bridgehead atoms. The summed E-state index contributed by atoms with van der Waals surface area (Å²) in [6, 6.07) is 7.21. The molecule has 0 aliphatic rings. The van der Waals surface area contributed by atoms with Crippen molar-refractivity contribution in [2.75, 3.05) is 11.1 Å². The first-order valence-corrected chi connectivity index (χ1v) is 8.71. The maximum Gasteiger partial charge on any atom is 0.252 e. The molecule has 0 spiro atoms. The summed E-state index contributed by atoms with van der Waals surface area (Å²) < 4.78 is 14.9. The number of aromatic amines is 1. The monoisotopic (exact) mass is 361 g/mol. The van der Waals surface area contributed by atoms with Gasteiger partial charge in [-0.25, -0.2) is 4.39 Å². The first kappa shape index (κ1) is 17.2. The van der Waals surface area contributed by atoms with Gasteiger partial charge in [0.05, 0.1) is 5.75 Å². The predicted octanol–water partition coefficient (Wildman–Crippen LogP) is 2.24. The van der Waals surface area contributed by atoms with Crippen LogP contribution in [0.15, 0.2) is 40.3 Å². The van der Waals surface area contributed by atoms with Gasteiger partial charge < -0.3 is 5.32 Å². The zero-order chi connectivity index (χ0) is 17.8. The molecule has 0 atom stereocenters. The molecule has 0 radical (unpaired) electrons. The lowest BCUT2D eigenvalue weighted by Crippen LogP contribution is -2.15. The van der Waals surface area contributed by atoms with E-state index in [2.05, 4.69) is 20.5 Å². The number of rotatable bonds is 6. The molecular formula is C16H16FN5O2S. The number of amides is 1. The minimum absolute atomic E-state index is 0.0853. The highest BCUT2D eigenvalue weighted by Crippen LogP contribution is 2.18. The highest BCUT2D eigenvalue weighted by Gasteiger charge is 2.13. The number of aromatic nitrogens is 4. The minimum Gasteiger partial charge on any atom is -0.325 e. The van der Waals surface area contributed by atoms with Gasteiger partial charge in [0, 0.05) is 17.4 Å². The van der Waals surface area contributed by atoms with Crippen molar-refractivity contribution in [2.24, 2.45) is 0 Å². The Bertz CT molecular complexity index is 969. The lowest BCUT2D eigenvalue weighted by atomic mass is 10.2. The highest BCUT2D eigenvalue weighted by atomic mass is 32.2. The van der Waals surface area contributed by atoms with Crippen LogP contribution in [0, 0.1) is 5.82 Å². The van der Waals surface area contributed by atoms with Crippen molar-refractivity contribution in [3.8, 4) is 0 Å². The Kier molecular flexibility index (Phi) is 5.13. The number of carbonyl (C=O) groups excluding carboxylic acids is 1. The van der Waals surface area contributed by atoms with Crippen LogP contribution in [0.25, 0.3) is 5.78 Å². The standard InChI is InChI=1S/C16H16FN5O2S/c1-2-4-12-8-13(23)19-15-20-21-16(22(12)15)25-9-14(24)18-11-6-3-5-10(17)7-11/h3,5-8H,2,4,9H2,1H3,(H,18,24)(H,19,20,23). The van der Waals surface area contributed by atoms with Gasteiger partial charge in [-0.2, -0.15) is 0 Å². The SMILES string of the molecule is CCCc1cc(=O)[nH]c2nnc(SCC(=O)Nc3cccc(F)c3)n12. The largest absolute Gasteiger partial charge is 0.325 e. The van der Waals surface area contributed by atoms with E-state index in [1.54, 1.807) is 10.5 Å². The Labute approximate surface area is 146 Å². The molecule has 0 aliphatic carbocycles. The third-order valence-corrected chi connectivity index (χ3v) is 4.33. The molecule has 0 fully saturated rings. The van der Waals surface area contributed by atoms with E-state index < -0.39 is 5.82 Å². The Hall–Kier alpha value is -2.68. The van der Waals surface area contributed by atoms with Crippen molar-refractivity contribution in [3.63, 3.8) is 0 Å². The number of nitrogens with zero attached hydrogens (tertiary/aromatic N) is 3. The number of anilines is 1. The molecule has 1 aromatic carbocycles. The van der Waals surface area contributed by atoms with Crippen molar-refractivity contribution < 1.29 is 9.18 Å². The second kappa shape index (κ2) is 7.47. The second-order valence-electron chi connectivity index (χ2n) is 5.36. The van der Waals surface area contributed by atoms with Crippen molar-refractivity contribution in [1.82, 2.24) is 19.6 Å². The minimum atomic E-state index is -0.415. The third kappa shape index (κ3) is 4.05. The summed E-state index contributed by atoms with van der Waals surface area (Å²) in [6.45, 7) is 2.01. The van der Waals surface area contributed by atoms with Gasteiger partial charge in [-0.05, 0) is 24.6 Å². The summed E-state index contributed by atoms with van der Waals surface area (Å²) in [5.74, 6) is -0.262. The van der Waals surface area contributed by atoms with Crippen LogP contribution >= 0.6 is 11.8 Å². The maximum absolute atomic E-state index is 13.1. The van der Waals surface area contributed by atoms with E-state index in [1.165, 1.54) is 36.0 Å². The number of hydrogen-bond acceptors (Lipinski definition) is 5. The van der Waals surface area contributed by atoms with Crippen LogP contribution in [0.3, 0.4) is 0 Å². The van der Waals surface area contributed by atoms with Crippen LogP contribution in [-0.4, -0.2) is 31.2 Å². The van der Waals surface area contributed by atoms with Gasteiger partial charge in [-0.15, -0.1) is 10.2 Å². The van der Waals surface area contributed by atoms with Crippen molar-refractivity contribution in [1.29, 1.82) is 0 Å². The van der Waals surface area contributed by atoms with Gasteiger partial charge in [0.15, 0.2) is 5.16 Å². The fraction of sp³-hybridized carbons (Fsp3) is 0.250. The molecule has 2 heterocycles. The fourth-order valence-electron chi connectivity index (χ4n) is 2.40. The number of hydrogen-bond donors (Lipinski definition) is 2. The Balaban J connectivity index is 1.74. The average Bonchev–Trinajstić information content (AvgIpc) is 2.96. The van der Waals surface area contributed by atoms with Gasteiger partial charge in [0.1, 0.15) is 5.82 Å². The summed E-state index contributed by atoms with van der Waals surface area (Å²) in [6.07, 6.45) is 1.56. The van der Waals surface area contributed by atoms with Crippen molar-refractivity contribution in [3.05, 3.63) is 52.2 Å². The predicted molar refractivity (Wildman–Crippen MR) is 93.4 cm³/mol. The van der Waals surface area contributed by atoms with Gasteiger partial charge in [-0.3, -0.25) is 19.0 Å². The van der Waals surface area contributed by atoms with Crippen molar-refractivity contribution >= 4 is 29.1 Å². The summed E-state index contributed by atoms with van der Waals surface area (Å²) in [5, 5.41) is 11.1. The lowest BCUT2D eigenvalue weighted by molar-refractivity contribution is -0.113. The number of benzene rings is 1. The first-order chi connectivity index (χ1) is 12.1. The number of carbonyl (C=O) groups is 1. The summed E-state index contributed by atoms with van der Waals surface area (Å²) in [5.41, 5.74) is 0.954. The molecule has 2 aromatic heterocycles. The molecule has 0 saturated carbocycles. The van der Waals surface area contributed by atoms with E-state index in [4.69, 9.17) is 0 Å². The van der Waals surface area contributed by atoms with Gasteiger partial charge >= 0.3 is 0 Å². The van der Waals surface area contributed by atoms with Crippen LogP contribution in [0.5, 0.6) is 0 Å². The number of thioether (sulfide) groups is 1. The molecule has 0 aliphatic heterocycles. The molecule has 0 unspecified atom stereocenters. The summed E-state index contributed by atoms with van der Waals surface area (Å²) in [7, 11) is 0. The van der Waals surface area contributed by atoms with E-state index in [0.717, 1.165) is 12.1 Å². The van der Waals surface area contributed by atoms with E-state index in [-0.39, 0.29) is 17.2 Å². The summed E-state index contributed by atoms with van der Waals surface area (Å²) in [4.78, 5) is 26.3. The van der Waals surface area contributed by atoms with Crippen LogP contribution in [0.1, 0.15) is 19.0 Å². The number of nitrogens with one attached hydrogen (secondary N) is 2. The highest BCUT2D eigenvalue weighted by molar-refractivity contribution is 7.99. The zero-order valence-electron chi connectivity index (χ0n) is 13.5. The van der Waals surface area contributed by atoms with E-state index in [9.17, 15) is 14.0 Å². The van der Waals surface area contributed by atoms with Gasteiger partial charge in [-0.1, -0.05) is 31.2 Å². The third-order valence-electron chi connectivity index (χ3n) is 3.40. The average molecular weight is 361 g/mol. The Morgan fingerprint density at radius 3 is 2.96 bits per heavy atom. The molecule has 3 aromatic rings. The van der Waals surface area contributed by atoms with Gasteiger partial charge in [0.2, 0.25) is 11.7 Å². The lowest BCUT2D eigenvalue weighted by Gasteiger charge is -2.07. The van der Waals surface area contributed by atoms with Gasteiger partial charge in [0.25, 0.3) is 5.56 Å². The number of fused-ring (bicyclic) bond motifs is 1. The zero-order valence-corrected chi connectivity index (χ0v) is 14.3. The quantitative estimate of drug-likeness (QED) is 0.657. The molecule has 3 rings (SSSR count). The van der Waals surface area contributed by atoms with E-state index in [0.29, 0.717) is 23.0 Å². The molecule has 2 N–H and O–H groups in total. The van der Waals surface area contributed by atoms with Crippen LogP contribution in [0.2, 0.25) is 0 Å². The van der Waals surface area contributed by atoms with Crippen molar-refractivity contribution in [2.45, 2.75) is 24.9 Å². The molecule has 9 heteroatoms. The Morgan fingerprint density at radius 1 is 1.36 bits per heavy atom. The van der Waals surface area contributed by atoms with Crippen LogP contribution < -0.4 is 10.9 Å². The summed E-state index contributed by atoms with van der Waals surface area (Å²) >= 11 is 1.20. The molecular weight excluding hydrogens is 345 g/mol. The number of halogens is 1. The van der Waals surface area contributed by atoms with E-state index >= 15 is 0 Å². The molecule has 130 valence electrons. The normalized spacial score (nSPS) is 11.0. The molecule has 0 saturated heterocycles. The first-order valence-electron chi connectivity index (χ1n) is 7.72. The number of H-pyrrole nitrogens is 1. The number of aryl methyl sites for hydroxylation is 1. The molecule has 25 heavy (non-hydrogen) atoms. The molecule has 1 amide bonds. The fourth-order valence-corrected chi connectivity index (χ4v) is 3.16.